The normalized spacial score (nSPS) is 15.3. The molecule has 1 aliphatic rings. The van der Waals surface area contributed by atoms with Crippen LogP contribution in [0.5, 0.6) is 0 Å². The molecule has 1 amide bonds. The predicted octanol–water partition coefficient (Wildman–Crippen LogP) is 5.01. The van der Waals surface area contributed by atoms with E-state index in [1.165, 1.54) is 24.3 Å². The first-order chi connectivity index (χ1) is 13.1. The molecular weight excluding hydrogens is 340 g/mol. The monoisotopic (exact) mass is 356 g/mol. The number of carbonyl (C=O) groups is 1. The Labute approximate surface area is 156 Å². The molecule has 0 fully saturated rings. The molecule has 3 aromatic carbocycles. The average molecular weight is 356 g/mol. The zero-order valence-electron chi connectivity index (χ0n) is 14.4. The SMILES string of the molecule is O=C(c1ccc([N+](=O)[O-])cc1)N1c2ccccc2C=C[C@@H]1c1ccccc1. The molecule has 0 N–H and O–H groups in total. The van der Waals surface area contributed by atoms with Gasteiger partial charge in [0.05, 0.1) is 16.7 Å². The Hall–Kier alpha value is -3.73. The van der Waals surface area contributed by atoms with E-state index in [0.717, 1.165) is 16.8 Å². The second-order valence-electron chi connectivity index (χ2n) is 6.25. The maximum atomic E-state index is 13.3. The second-order valence-corrected chi connectivity index (χ2v) is 6.25. The molecule has 0 spiro atoms. The van der Waals surface area contributed by atoms with Crippen LogP contribution in [-0.2, 0) is 0 Å². The molecule has 4 rings (SSSR count). The number of nitro benzene ring substituents is 1. The Morgan fingerprint density at radius 1 is 0.889 bits per heavy atom. The summed E-state index contributed by atoms with van der Waals surface area (Å²) in [5.74, 6) is -0.199. The Morgan fingerprint density at radius 2 is 1.56 bits per heavy atom. The highest BCUT2D eigenvalue weighted by atomic mass is 16.6. The third-order valence-electron chi connectivity index (χ3n) is 4.62. The fraction of sp³-hybridized carbons (Fsp3) is 0.0455. The second kappa shape index (κ2) is 6.88. The molecule has 1 aliphatic heterocycles. The van der Waals surface area contributed by atoms with Crippen molar-refractivity contribution in [3.05, 3.63) is 112 Å². The van der Waals surface area contributed by atoms with Gasteiger partial charge in [0.2, 0.25) is 0 Å². The first kappa shape index (κ1) is 16.7. The van der Waals surface area contributed by atoms with Crippen LogP contribution in [-0.4, -0.2) is 10.8 Å². The van der Waals surface area contributed by atoms with Crippen molar-refractivity contribution in [2.45, 2.75) is 6.04 Å². The summed E-state index contributed by atoms with van der Waals surface area (Å²) in [4.78, 5) is 25.5. The highest BCUT2D eigenvalue weighted by Gasteiger charge is 2.30. The number of nitrogens with zero attached hydrogens (tertiary/aromatic N) is 2. The Balaban J connectivity index is 1.79. The van der Waals surface area contributed by atoms with Crippen molar-refractivity contribution in [3.8, 4) is 0 Å². The minimum atomic E-state index is -0.472. The molecule has 0 radical (unpaired) electrons. The number of hydrogen-bond donors (Lipinski definition) is 0. The van der Waals surface area contributed by atoms with Gasteiger partial charge in [-0.1, -0.05) is 60.7 Å². The van der Waals surface area contributed by atoms with Crippen molar-refractivity contribution in [1.82, 2.24) is 0 Å². The van der Waals surface area contributed by atoms with Gasteiger partial charge in [0.25, 0.3) is 11.6 Å². The highest BCUT2D eigenvalue weighted by molar-refractivity contribution is 6.08. The summed E-state index contributed by atoms with van der Waals surface area (Å²) < 4.78 is 0. The van der Waals surface area contributed by atoms with Crippen molar-refractivity contribution >= 4 is 23.4 Å². The van der Waals surface area contributed by atoms with Gasteiger partial charge in [0.15, 0.2) is 0 Å². The zero-order chi connectivity index (χ0) is 18.8. The number of anilines is 1. The number of benzene rings is 3. The van der Waals surface area contributed by atoms with E-state index in [4.69, 9.17) is 0 Å². The quantitative estimate of drug-likeness (QED) is 0.489. The largest absolute Gasteiger partial charge is 0.297 e. The summed E-state index contributed by atoms with van der Waals surface area (Å²) >= 11 is 0. The van der Waals surface area contributed by atoms with E-state index in [-0.39, 0.29) is 17.6 Å². The predicted molar refractivity (Wildman–Crippen MR) is 105 cm³/mol. The first-order valence-corrected chi connectivity index (χ1v) is 8.55. The molecule has 0 aromatic heterocycles. The molecule has 0 bridgehead atoms. The van der Waals surface area contributed by atoms with Gasteiger partial charge >= 0.3 is 0 Å². The maximum Gasteiger partial charge on any atom is 0.269 e. The Kier molecular flexibility index (Phi) is 4.26. The number of hydrogen-bond acceptors (Lipinski definition) is 3. The Bertz CT molecular complexity index is 1030. The summed E-state index contributed by atoms with van der Waals surface area (Å²) in [6.07, 6.45) is 4.02. The Morgan fingerprint density at radius 3 is 2.26 bits per heavy atom. The summed E-state index contributed by atoms with van der Waals surface area (Å²) in [6, 6.07) is 23.0. The van der Waals surface area contributed by atoms with Crippen LogP contribution in [0.15, 0.2) is 84.9 Å². The van der Waals surface area contributed by atoms with E-state index >= 15 is 0 Å². The third kappa shape index (κ3) is 3.11. The van der Waals surface area contributed by atoms with Crippen molar-refractivity contribution in [3.63, 3.8) is 0 Å². The van der Waals surface area contributed by atoms with Gasteiger partial charge in [0.1, 0.15) is 0 Å². The molecule has 1 heterocycles. The molecule has 5 heteroatoms. The minimum Gasteiger partial charge on any atom is -0.297 e. The van der Waals surface area contributed by atoms with Crippen LogP contribution < -0.4 is 4.90 Å². The van der Waals surface area contributed by atoms with Crippen molar-refractivity contribution in [1.29, 1.82) is 0 Å². The summed E-state index contributed by atoms with van der Waals surface area (Å²) in [7, 11) is 0. The van der Waals surface area contributed by atoms with E-state index in [2.05, 4.69) is 0 Å². The van der Waals surface area contributed by atoms with Crippen LogP contribution in [0.1, 0.15) is 27.5 Å². The van der Waals surface area contributed by atoms with E-state index in [1.54, 1.807) is 4.90 Å². The summed E-state index contributed by atoms with van der Waals surface area (Å²) in [5.41, 5.74) is 3.15. The van der Waals surface area contributed by atoms with Crippen LogP contribution in [0.25, 0.3) is 6.08 Å². The lowest BCUT2D eigenvalue weighted by Crippen LogP contribution is -2.36. The lowest BCUT2D eigenvalue weighted by Gasteiger charge is -2.34. The zero-order valence-corrected chi connectivity index (χ0v) is 14.4. The summed E-state index contributed by atoms with van der Waals surface area (Å²) in [5, 5.41) is 10.9. The van der Waals surface area contributed by atoms with Gasteiger partial charge in [-0.15, -0.1) is 0 Å². The molecule has 5 nitrogen and oxygen atoms in total. The fourth-order valence-corrected chi connectivity index (χ4v) is 3.29. The minimum absolute atomic E-state index is 0.0369. The van der Waals surface area contributed by atoms with E-state index in [1.807, 2.05) is 66.7 Å². The van der Waals surface area contributed by atoms with Crippen molar-refractivity contribution in [2.75, 3.05) is 4.90 Å². The van der Waals surface area contributed by atoms with Crippen LogP contribution in [0, 0.1) is 10.1 Å². The number of carbonyl (C=O) groups excluding carboxylic acids is 1. The third-order valence-corrected chi connectivity index (χ3v) is 4.62. The average Bonchev–Trinajstić information content (AvgIpc) is 2.73. The molecule has 0 unspecified atom stereocenters. The molecule has 0 saturated heterocycles. The van der Waals surface area contributed by atoms with Crippen molar-refractivity contribution < 1.29 is 9.72 Å². The molecule has 1 atom stereocenters. The van der Waals surface area contributed by atoms with Gasteiger partial charge < -0.3 is 0 Å². The van der Waals surface area contributed by atoms with Crippen LogP contribution >= 0.6 is 0 Å². The molecule has 0 aliphatic carbocycles. The van der Waals surface area contributed by atoms with Gasteiger partial charge in [-0.2, -0.15) is 0 Å². The molecule has 27 heavy (non-hydrogen) atoms. The lowest BCUT2D eigenvalue weighted by molar-refractivity contribution is -0.384. The maximum absolute atomic E-state index is 13.3. The van der Waals surface area contributed by atoms with Gasteiger partial charge in [-0.05, 0) is 29.3 Å². The first-order valence-electron chi connectivity index (χ1n) is 8.55. The van der Waals surface area contributed by atoms with Crippen molar-refractivity contribution in [2.24, 2.45) is 0 Å². The fourth-order valence-electron chi connectivity index (χ4n) is 3.29. The number of non-ortho nitro benzene ring substituents is 1. The molecular formula is C22H16N2O3. The van der Waals surface area contributed by atoms with E-state index < -0.39 is 4.92 Å². The van der Waals surface area contributed by atoms with E-state index in [9.17, 15) is 14.9 Å². The van der Waals surface area contributed by atoms with Gasteiger partial charge in [0, 0.05) is 17.7 Å². The smallest absolute Gasteiger partial charge is 0.269 e. The van der Waals surface area contributed by atoms with Gasteiger partial charge in [-0.25, -0.2) is 0 Å². The van der Waals surface area contributed by atoms with Crippen LogP contribution in [0.3, 0.4) is 0 Å². The standard InChI is InChI=1S/C22H16N2O3/c25-22(18-10-13-19(14-11-18)24(26)27)23-20-9-5-4-8-17(20)12-15-21(23)16-6-2-1-3-7-16/h1-15,21H/t21-/m1/s1. The number of para-hydroxylation sites is 1. The number of nitro groups is 1. The number of amides is 1. The lowest BCUT2D eigenvalue weighted by atomic mass is 9.96. The number of rotatable bonds is 3. The van der Waals surface area contributed by atoms with Crippen LogP contribution in [0.4, 0.5) is 11.4 Å². The highest BCUT2D eigenvalue weighted by Crippen LogP contribution is 2.37. The molecule has 3 aromatic rings. The van der Waals surface area contributed by atoms with Crippen LogP contribution in [0.2, 0.25) is 0 Å². The van der Waals surface area contributed by atoms with Gasteiger partial charge in [-0.3, -0.25) is 19.8 Å². The number of fused-ring (bicyclic) bond motifs is 1. The van der Waals surface area contributed by atoms with E-state index in [0.29, 0.717) is 5.56 Å². The summed E-state index contributed by atoms with van der Waals surface area (Å²) in [6.45, 7) is 0. The topological polar surface area (TPSA) is 63.4 Å². The molecule has 132 valence electrons. The molecule has 0 saturated carbocycles.